The molecule has 0 aliphatic carbocycles. The fraction of sp³-hybridized carbons (Fsp3) is 0.268. The molecule has 0 spiro atoms. The summed E-state index contributed by atoms with van der Waals surface area (Å²) < 4.78 is 7.89. The molecule has 3 N–H and O–H groups in total. The van der Waals surface area contributed by atoms with Crippen LogP contribution in [0.5, 0.6) is 5.75 Å². The van der Waals surface area contributed by atoms with Gasteiger partial charge in [0.15, 0.2) is 0 Å². The van der Waals surface area contributed by atoms with Crippen molar-refractivity contribution in [2.75, 3.05) is 49.8 Å². The number of hydrogen-bond donors (Lipinski definition) is 3. The van der Waals surface area contributed by atoms with Crippen molar-refractivity contribution in [3.05, 3.63) is 102 Å². The second-order valence-electron chi connectivity index (χ2n) is 13.9. The van der Waals surface area contributed by atoms with Gasteiger partial charge >= 0.3 is 0 Å². The first-order valence-corrected chi connectivity index (χ1v) is 18.0. The molecule has 2 aliphatic rings. The van der Waals surface area contributed by atoms with Gasteiger partial charge in [-0.05, 0) is 54.9 Å². The molecule has 1 fully saturated rings. The van der Waals surface area contributed by atoms with Gasteiger partial charge in [0, 0.05) is 87.2 Å². The van der Waals surface area contributed by atoms with Crippen LogP contribution >= 0.6 is 0 Å². The van der Waals surface area contributed by atoms with Gasteiger partial charge in [0.1, 0.15) is 11.8 Å². The molecule has 1 unspecified atom stereocenters. The molecule has 282 valence electrons. The van der Waals surface area contributed by atoms with Gasteiger partial charge in [-0.2, -0.15) is 0 Å². The number of aryl methyl sites for hydroxylation is 1. The Balaban J connectivity index is 1.05. The summed E-state index contributed by atoms with van der Waals surface area (Å²) in [4.78, 5) is 64.9. The number of fused-ring (bicyclic) bond motifs is 2. The summed E-state index contributed by atoms with van der Waals surface area (Å²) in [7, 11) is 7.55. The van der Waals surface area contributed by atoms with Crippen molar-refractivity contribution in [1.29, 1.82) is 0 Å². The van der Waals surface area contributed by atoms with E-state index in [0.29, 0.717) is 61.2 Å². The molecule has 0 saturated carbocycles. The van der Waals surface area contributed by atoms with Crippen molar-refractivity contribution >= 4 is 57.5 Å². The van der Waals surface area contributed by atoms with Crippen molar-refractivity contribution in [1.82, 2.24) is 29.7 Å². The number of benzene rings is 3. The van der Waals surface area contributed by atoms with Crippen molar-refractivity contribution in [2.45, 2.75) is 32.0 Å². The quantitative estimate of drug-likeness (QED) is 0.113. The highest BCUT2D eigenvalue weighted by molar-refractivity contribution is 6.05. The molecule has 1 atom stereocenters. The number of aromatic nitrogens is 3. The van der Waals surface area contributed by atoms with Crippen LogP contribution in [0.2, 0.25) is 0 Å². The van der Waals surface area contributed by atoms with Gasteiger partial charge < -0.3 is 34.6 Å². The molecule has 3 aromatic carbocycles. The Morgan fingerprint density at radius 2 is 1.87 bits per heavy atom. The van der Waals surface area contributed by atoms with E-state index in [4.69, 9.17) is 9.72 Å². The lowest BCUT2D eigenvalue weighted by Gasteiger charge is -2.29. The van der Waals surface area contributed by atoms with E-state index < -0.39 is 11.9 Å². The standard InChI is InChI=1S/C41H43N9O5/c1-6-37(51)43-31-20-32(45-41-42-16-15-30(44-41)29-24-49(4)33-10-8-7-9-28(29)33)36(55-5)21-35(31)48(3)18-17-47(2)22-25-11-12-27-26(19-25)23-50(40(27)54)34-13-14-38(52)46-39(34)53/h6-12,15-16,19-21,24,34H,1,13-14,17-18,22-23H2,2-5H3,(H,43,51)(H,42,44,45)(H,46,52,53). The van der Waals surface area contributed by atoms with E-state index in [9.17, 15) is 19.2 Å². The highest BCUT2D eigenvalue weighted by Gasteiger charge is 2.39. The maximum Gasteiger partial charge on any atom is 0.255 e. The van der Waals surface area contributed by atoms with Crippen LogP contribution in [0.1, 0.15) is 34.3 Å². The lowest BCUT2D eigenvalue weighted by Crippen LogP contribution is -2.52. The lowest BCUT2D eigenvalue weighted by molar-refractivity contribution is -0.137. The largest absolute Gasteiger partial charge is 0.494 e. The zero-order valence-electron chi connectivity index (χ0n) is 31.3. The predicted molar refractivity (Wildman–Crippen MR) is 211 cm³/mol. The fourth-order valence-electron chi connectivity index (χ4n) is 7.23. The van der Waals surface area contributed by atoms with Crippen molar-refractivity contribution in [2.24, 2.45) is 7.05 Å². The number of nitrogens with zero attached hydrogens (tertiary/aromatic N) is 6. The molecule has 14 nitrogen and oxygen atoms in total. The molecule has 1 saturated heterocycles. The van der Waals surface area contributed by atoms with Gasteiger partial charge in [-0.1, -0.05) is 36.9 Å². The van der Waals surface area contributed by atoms with Gasteiger partial charge in [-0.15, -0.1) is 0 Å². The van der Waals surface area contributed by atoms with Crippen LogP contribution in [0, 0.1) is 0 Å². The number of amides is 4. The lowest BCUT2D eigenvalue weighted by atomic mass is 10.0. The van der Waals surface area contributed by atoms with Crippen molar-refractivity contribution in [3.63, 3.8) is 0 Å². The maximum atomic E-state index is 13.1. The van der Waals surface area contributed by atoms with Crippen LogP contribution in [0.3, 0.4) is 0 Å². The highest BCUT2D eigenvalue weighted by atomic mass is 16.5. The van der Waals surface area contributed by atoms with E-state index in [-0.39, 0.29) is 24.1 Å². The first-order valence-electron chi connectivity index (χ1n) is 18.0. The Hall–Kier alpha value is -6.54. The third-order valence-electron chi connectivity index (χ3n) is 10.1. The first-order chi connectivity index (χ1) is 26.5. The van der Waals surface area contributed by atoms with E-state index in [1.807, 2.05) is 68.5 Å². The molecular formula is C41H43N9O5. The second-order valence-corrected chi connectivity index (χ2v) is 13.9. The monoisotopic (exact) mass is 741 g/mol. The Kier molecular flexibility index (Phi) is 10.3. The maximum absolute atomic E-state index is 13.1. The zero-order valence-corrected chi connectivity index (χ0v) is 31.3. The number of hydrogen-bond acceptors (Lipinski definition) is 10. The Morgan fingerprint density at radius 3 is 2.65 bits per heavy atom. The summed E-state index contributed by atoms with van der Waals surface area (Å²) in [6.07, 6.45) is 5.52. The number of ether oxygens (including phenoxy) is 1. The average Bonchev–Trinajstić information content (AvgIpc) is 3.69. The molecule has 4 heterocycles. The smallest absolute Gasteiger partial charge is 0.255 e. The van der Waals surface area contributed by atoms with E-state index in [2.05, 4.69) is 55.3 Å². The third-order valence-corrected chi connectivity index (χ3v) is 10.1. The Bertz CT molecular complexity index is 2340. The Morgan fingerprint density at radius 1 is 1.05 bits per heavy atom. The summed E-state index contributed by atoms with van der Waals surface area (Å²) in [6.45, 7) is 5.85. The number of anilines is 4. The number of likely N-dealkylation sites (N-methyl/N-ethyl adjacent to an activating group) is 2. The van der Waals surface area contributed by atoms with E-state index in [1.165, 1.54) is 6.08 Å². The normalized spacial score (nSPS) is 15.3. The van der Waals surface area contributed by atoms with Crippen molar-refractivity contribution < 1.29 is 23.9 Å². The number of methoxy groups -OCH3 is 1. The summed E-state index contributed by atoms with van der Waals surface area (Å²) in [5.74, 6) is -0.379. The zero-order chi connectivity index (χ0) is 38.8. The predicted octanol–water partition coefficient (Wildman–Crippen LogP) is 4.84. The number of para-hydroxylation sites is 1. The SMILES string of the molecule is C=CC(=O)Nc1cc(Nc2nccc(-c3cn(C)c4ccccc34)n2)c(OC)cc1N(C)CCN(C)Cc1ccc2c(c1)CN(C1CCC(=O)NC1=O)C2=O. The van der Waals surface area contributed by atoms with Crippen LogP contribution < -0.4 is 25.6 Å². The molecule has 5 aromatic rings. The molecule has 4 amide bonds. The molecule has 2 aliphatic heterocycles. The van der Waals surface area contributed by atoms with Gasteiger partial charge in [-0.3, -0.25) is 24.5 Å². The number of imide groups is 1. The van der Waals surface area contributed by atoms with E-state index in [0.717, 1.165) is 39.0 Å². The number of carbonyl (C=O) groups excluding carboxylic acids is 4. The van der Waals surface area contributed by atoms with Crippen molar-refractivity contribution in [3.8, 4) is 17.0 Å². The number of piperidine rings is 1. The number of rotatable bonds is 13. The number of carbonyl (C=O) groups is 4. The van der Waals surface area contributed by atoms with Crippen LogP contribution in [-0.2, 0) is 34.5 Å². The Labute approximate surface area is 318 Å². The molecule has 0 radical (unpaired) electrons. The summed E-state index contributed by atoms with van der Waals surface area (Å²) in [6, 6.07) is 18.8. The van der Waals surface area contributed by atoms with Crippen LogP contribution in [0.25, 0.3) is 22.2 Å². The van der Waals surface area contributed by atoms with Gasteiger partial charge in [-0.25, -0.2) is 9.97 Å². The molecule has 14 heteroatoms. The minimum absolute atomic E-state index is 0.191. The number of nitrogens with one attached hydrogen (secondary N) is 3. The summed E-state index contributed by atoms with van der Waals surface area (Å²) in [5.41, 5.74) is 7.18. The molecule has 55 heavy (non-hydrogen) atoms. The van der Waals surface area contributed by atoms with Gasteiger partial charge in [0.25, 0.3) is 5.91 Å². The third kappa shape index (κ3) is 7.62. The molecule has 2 aromatic heterocycles. The second kappa shape index (κ2) is 15.4. The minimum Gasteiger partial charge on any atom is -0.494 e. The first kappa shape index (κ1) is 36.8. The van der Waals surface area contributed by atoms with Gasteiger partial charge in [0.2, 0.25) is 23.7 Å². The van der Waals surface area contributed by atoms with Crippen LogP contribution in [0.15, 0.2) is 85.7 Å². The molecule has 0 bridgehead atoms. The topological polar surface area (TPSA) is 154 Å². The van der Waals surface area contributed by atoms with Crippen LogP contribution in [-0.4, -0.2) is 88.3 Å². The van der Waals surface area contributed by atoms with E-state index in [1.54, 1.807) is 24.3 Å². The summed E-state index contributed by atoms with van der Waals surface area (Å²) in [5, 5.41) is 9.67. The fourth-order valence-corrected chi connectivity index (χ4v) is 7.23. The summed E-state index contributed by atoms with van der Waals surface area (Å²) >= 11 is 0. The average molecular weight is 742 g/mol. The van der Waals surface area contributed by atoms with Crippen LogP contribution in [0.4, 0.5) is 23.0 Å². The highest BCUT2D eigenvalue weighted by Crippen LogP contribution is 2.38. The minimum atomic E-state index is -0.649. The molecular weight excluding hydrogens is 699 g/mol. The molecule has 7 rings (SSSR count). The van der Waals surface area contributed by atoms with E-state index >= 15 is 0 Å². The van der Waals surface area contributed by atoms with Gasteiger partial charge in [0.05, 0.1) is 29.9 Å².